The Bertz CT molecular complexity index is 941. The van der Waals surface area contributed by atoms with E-state index in [1.165, 1.54) is 0 Å². The number of ether oxygens (including phenoxy) is 1. The molecule has 6 heteroatoms. The number of methoxy groups -OCH3 is 1. The summed E-state index contributed by atoms with van der Waals surface area (Å²) in [7, 11) is 1.62. The monoisotopic (exact) mass is 378 g/mol. The molecule has 0 atom stereocenters. The average molecular weight is 378 g/mol. The van der Waals surface area contributed by atoms with Gasteiger partial charge in [-0.15, -0.1) is 0 Å². The molecule has 1 amide bonds. The second kappa shape index (κ2) is 8.02. The number of benzene rings is 2. The third-order valence-corrected chi connectivity index (χ3v) is 5.38. The third kappa shape index (κ3) is 4.02. The van der Waals surface area contributed by atoms with Gasteiger partial charge in [0.05, 0.1) is 30.4 Å². The number of likely N-dealkylation sites (tertiary alicyclic amines) is 1. The van der Waals surface area contributed by atoms with Gasteiger partial charge in [-0.2, -0.15) is 0 Å². The number of hydrogen-bond acceptors (Lipinski definition) is 4. The minimum Gasteiger partial charge on any atom is -0.495 e. The van der Waals surface area contributed by atoms with Crippen LogP contribution in [0.15, 0.2) is 42.5 Å². The van der Waals surface area contributed by atoms with Crippen molar-refractivity contribution in [3.8, 4) is 5.75 Å². The molecule has 0 unspecified atom stereocenters. The molecule has 0 spiro atoms. The standard InChI is InChI=1S/C22H26N4O2/c1-15-7-8-20(28-2)19(13-15)25-22(27)16-9-11-26(12-10-16)14-21-23-17-5-3-4-6-18(17)24-21/h3-8,13,16H,9-12,14H2,1-2H3,(H,23,24)(H,25,27). The van der Waals surface area contributed by atoms with Crippen molar-refractivity contribution in [2.24, 2.45) is 5.92 Å². The molecule has 2 N–H and O–H groups in total. The molecule has 0 saturated carbocycles. The highest BCUT2D eigenvalue weighted by Crippen LogP contribution is 2.27. The van der Waals surface area contributed by atoms with Crippen molar-refractivity contribution in [2.75, 3.05) is 25.5 Å². The first-order valence-electron chi connectivity index (χ1n) is 9.74. The SMILES string of the molecule is COc1ccc(C)cc1NC(=O)C1CCN(Cc2nc3ccccc3[nH]2)CC1. The van der Waals surface area contributed by atoms with E-state index in [9.17, 15) is 4.79 Å². The number of aromatic amines is 1. The highest BCUT2D eigenvalue weighted by atomic mass is 16.5. The molecule has 0 aliphatic carbocycles. The maximum absolute atomic E-state index is 12.7. The summed E-state index contributed by atoms with van der Waals surface area (Å²) in [5.41, 5.74) is 3.91. The van der Waals surface area contributed by atoms with Crippen LogP contribution in [0.1, 0.15) is 24.2 Å². The number of carbonyl (C=O) groups excluding carboxylic acids is 1. The zero-order valence-electron chi connectivity index (χ0n) is 16.4. The lowest BCUT2D eigenvalue weighted by atomic mass is 9.95. The van der Waals surface area contributed by atoms with Crippen LogP contribution in [0.3, 0.4) is 0 Å². The van der Waals surface area contributed by atoms with Gasteiger partial charge in [0.2, 0.25) is 5.91 Å². The topological polar surface area (TPSA) is 70.2 Å². The van der Waals surface area contributed by atoms with Gasteiger partial charge in [0, 0.05) is 5.92 Å². The number of nitrogens with one attached hydrogen (secondary N) is 2. The van der Waals surface area contributed by atoms with Crippen LogP contribution < -0.4 is 10.1 Å². The summed E-state index contributed by atoms with van der Waals surface area (Å²) >= 11 is 0. The van der Waals surface area contributed by atoms with E-state index in [0.29, 0.717) is 5.75 Å². The van der Waals surface area contributed by atoms with Gasteiger partial charge in [-0.3, -0.25) is 9.69 Å². The van der Waals surface area contributed by atoms with E-state index in [4.69, 9.17) is 4.74 Å². The second-order valence-corrected chi connectivity index (χ2v) is 7.44. The number of piperidine rings is 1. The minimum atomic E-state index is 0.0251. The number of imidazole rings is 1. The van der Waals surface area contributed by atoms with E-state index in [1.807, 2.05) is 49.4 Å². The van der Waals surface area contributed by atoms with Crippen molar-refractivity contribution >= 4 is 22.6 Å². The van der Waals surface area contributed by atoms with Crippen molar-refractivity contribution in [3.63, 3.8) is 0 Å². The smallest absolute Gasteiger partial charge is 0.227 e. The molecule has 2 heterocycles. The Morgan fingerprint density at radius 1 is 1.25 bits per heavy atom. The third-order valence-electron chi connectivity index (χ3n) is 5.38. The maximum Gasteiger partial charge on any atom is 0.227 e. The molecule has 4 rings (SSSR count). The fourth-order valence-electron chi connectivity index (χ4n) is 3.80. The van der Waals surface area contributed by atoms with Gasteiger partial charge in [0.15, 0.2) is 0 Å². The molecular formula is C22H26N4O2. The largest absolute Gasteiger partial charge is 0.495 e. The summed E-state index contributed by atoms with van der Waals surface area (Å²) in [6.45, 7) is 4.57. The van der Waals surface area contributed by atoms with Crippen LogP contribution in [0, 0.1) is 12.8 Å². The molecule has 0 bridgehead atoms. The van der Waals surface area contributed by atoms with Crippen LogP contribution in [-0.4, -0.2) is 41.0 Å². The first-order valence-corrected chi connectivity index (χ1v) is 9.74. The maximum atomic E-state index is 12.7. The Balaban J connectivity index is 1.33. The Kier molecular flexibility index (Phi) is 5.30. The molecule has 6 nitrogen and oxygen atoms in total. The van der Waals surface area contributed by atoms with Gasteiger partial charge in [-0.1, -0.05) is 18.2 Å². The quantitative estimate of drug-likeness (QED) is 0.710. The van der Waals surface area contributed by atoms with Crippen molar-refractivity contribution in [1.82, 2.24) is 14.9 Å². The van der Waals surface area contributed by atoms with Gasteiger partial charge in [-0.25, -0.2) is 4.98 Å². The van der Waals surface area contributed by atoms with Gasteiger partial charge in [0.1, 0.15) is 11.6 Å². The summed E-state index contributed by atoms with van der Waals surface area (Å²) in [4.78, 5) is 23.1. The highest BCUT2D eigenvalue weighted by molar-refractivity contribution is 5.94. The number of aromatic nitrogens is 2. The molecule has 1 aliphatic heterocycles. The average Bonchev–Trinajstić information content (AvgIpc) is 3.11. The van der Waals surface area contributed by atoms with Crippen LogP contribution in [0.25, 0.3) is 11.0 Å². The number of rotatable bonds is 5. The van der Waals surface area contributed by atoms with Crippen molar-refractivity contribution in [3.05, 3.63) is 53.9 Å². The van der Waals surface area contributed by atoms with Gasteiger partial charge in [-0.05, 0) is 62.7 Å². The van der Waals surface area contributed by atoms with Crippen LogP contribution in [0.5, 0.6) is 5.75 Å². The van der Waals surface area contributed by atoms with E-state index < -0.39 is 0 Å². The van der Waals surface area contributed by atoms with Gasteiger partial charge in [0.25, 0.3) is 0 Å². The molecule has 146 valence electrons. The number of carbonyl (C=O) groups is 1. The van der Waals surface area contributed by atoms with Crippen LogP contribution in [-0.2, 0) is 11.3 Å². The molecular weight excluding hydrogens is 352 g/mol. The fraction of sp³-hybridized carbons (Fsp3) is 0.364. The number of hydrogen-bond donors (Lipinski definition) is 2. The number of anilines is 1. The lowest BCUT2D eigenvalue weighted by Gasteiger charge is -2.30. The van der Waals surface area contributed by atoms with Crippen molar-refractivity contribution < 1.29 is 9.53 Å². The Morgan fingerprint density at radius 2 is 2.04 bits per heavy atom. The van der Waals surface area contributed by atoms with Crippen LogP contribution in [0.2, 0.25) is 0 Å². The van der Waals surface area contributed by atoms with E-state index in [2.05, 4.69) is 20.2 Å². The van der Waals surface area contributed by atoms with E-state index >= 15 is 0 Å². The zero-order chi connectivity index (χ0) is 19.5. The zero-order valence-corrected chi connectivity index (χ0v) is 16.4. The number of aryl methyl sites for hydroxylation is 1. The summed E-state index contributed by atoms with van der Waals surface area (Å²) < 4.78 is 5.36. The Hall–Kier alpha value is -2.86. The van der Waals surface area contributed by atoms with Gasteiger partial charge >= 0.3 is 0 Å². The molecule has 0 radical (unpaired) electrons. The number of H-pyrrole nitrogens is 1. The summed E-state index contributed by atoms with van der Waals surface area (Å²) in [6.07, 6.45) is 1.69. The number of amides is 1. The molecule has 2 aromatic carbocycles. The number of nitrogens with zero attached hydrogens (tertiary/aromatic N) is 2. The summed E-state index contributed by atoms with van der Waals surface area (Å²) in [5, 5.41) is 3.05. The lowest BCUT2D eigenvalue weighted by molar-refractivity contribution is -0.121. The highest BCUT2D eigenvalue weighted by Gasteiger charge is 2.26. The summed E-state index contributed by atoms with van der Waals surface area (Å²) in [6, 6.07) is 13.9. The molecule has 28 heavy (non-hydrogen) atoms. The van der Waals surface area contributed by atoms with E-state index in [1.54, 1.807) is 7.11 Å². The van der Waals surface area contributed by atoms with Gasteiger partial charge < -0.3 is 15.0 Å². The molecule has 1 aromatic heterocycles. The lowest BCUT2D eigenvalue weighted by Crippen LogP contribution is -2.38. The van der Waals surface area contributed by atoms with Crippen molar-refractivity contribution in [2.45, 2.75) is 26.3 Å². The predicted octanol–water partition coefficient (Wildman–Crippen LogP) is 3.73. The molecule has 1 aliphatic rings. The Morgan fingerprint density at radius 3 is 2.79 bits per heavy atom. The van der Waals surface area contributed by atoms with Crippen LogP contribution in [0.4, 0.5) is 5.69 Å². The molecule has 3 aromatic rings. The van der Waals surface area contributed by atoms with Crippen molar-refractivity contribution in [1.29, 1.82) is 0 Å². The fourth-order valence-corrected chi connectivity index (χ4v) is 3.80. The second-order valence-electron chi connectivity index (χ2n) is 7.44. The first-order chi connectivity index (χ1) is 13.6. The molecule has 1 saturated heterocycles. The van der Waals surface area contributed by atoms with E-state index in [-0.39, 0.29) is 11.8 Å². The van der Waals surface area contributed by atoms with E-state index in [0.717, 1.165) is 60.6 Å². The first kappa shape index (κ1) is 18.5. The minimum absolute atomic E-state index is 0.0251. The normalized spacial score (nSPS) is 15.6. The van der Waals surface area contributed by atoms with Crippen LogP contribution >= 0.6 is 0 Å². The number of para-hydroxylation sites is 2. The number of fused-ring (bicyclic) bond motifs is 1. The Labute approximate surface area is 164 Å². The predicted molar refractivity (Wildman–Crippen MR) is 110 cm³/mol. The summed E-state index contributed by atoms with van der Waals surface area (Å²) in [5.74, 6) is 1.78. The molecule has 1 fully saturated rings.